The molecule has 0 aromatic carbocycles. The molecule has 2 atom stereocenters. The number of ether oxygens (including phenoxy) is 1. The maximum atomic E-state index is 5.32. The average molecular weight is 205 g/mol. The summed E-state index contributed by atoms with van der Waals surface area (Å²) in [7, 11) is 0. The molecule has 0 fully saturated rings. The third-order valence-corrected chi connectivity index (χ3v) is 2.74. The Balaban J connectivity index is 3.29. The molecule has 13 heavy (non-hydrogen) atoms. The van der Waals surface area contributed by atoms with Crippen molar-refractivity contribution in [2.45, 2.75) is 26.8 Å². The standard InChI is InChI=1S/C10H23NOS/c1-5-12-7-10(3)11-6-9(2)8-13-4/h9-11H,5-8H2,1-4H3. The predicted octanol–water partition coefficient (Wildman–Crippen LogP) is 2.00. The summed E-state index contributed by atoms with van der Waals surface area (Å²) in [5.74, 6) is 1.98. The van der Waals surface area contributed by atoms with Crippen LogP contribution in [0.15, 0.2) is 0 Å². The zero-order valence-corrected chi connectivity index (χ0v) is 10.1. The Bertz CT molecular complexity index is 111. The molecule has 0 aliphatic carbocycles. The lowest BCUT2D eigenvalue weighted by Gasteiger charge is -2.16. The van der Waals surface area contributed by atoms with E-state index in [1.54, 1.807) is 0 Å². The summed E-state index contributed by atoms with van der Waals surface area (Å²) in [6.07, 6.45) is 2.15. The first-order chi connectivity index (χ1) is 6.20. The fourth-order valence-electron chi connectivity index (χ4n) is 1.10. The Morgan fingerprint density at radius 2 is 2.08 bits per heavy atom. The minimum Gasteiger partial charge on any atom is -0.380 e. The first-order valence-corrected chi connectivity index (χ1v) is 6.40. The molecule has 3 heteroatoms. The lowest BCUT2D eigenvalue weighted by atomic mass is 10.2. The molecular formula is C10H23NOS. The van der Waals surface area contributed by atoms with Crippen LogP contribution in [0.1, 0.15) is 20.8 Å². The van der Waals surface area contributed by atoms with Gasteiger partial charge in [-0.3, -0.25) is 0 Å². The molecule has 0 bridgehead atoms. The minimum atomic E-state index is 0.476. The van der Waals surface area contributed by atoms with Gasteiger partial charge in [-0.05, 0) is 38.3 Å². The SMILES string of the molecule is CCOCC(C)NCC(C)CSC. The smallest absolute Gasteiger partial charge is 0.0616 e. The first kappa shape index (κ1) is 13.3. The van der Waals surface area contributed by atoms with Gasteiger partial charge in [0.1, 0.15) is 0 Å². The van der Waals surface area contributed by atoms with Crippen LogP contribution in [0.5, 0.6) is 0 Å². The summed E-state index contributed by atoms with van der Waals surface area (Å²) in [6, 6.07) is 0.476. The molecule has 0 amide bonds. The molecule has 0 rings (SSSR count). The van der Waals surface area contributed by atoms with E-state index in [2.05, 4.69) is 25.4 Å². The molecule has 0 saturated carbocycles. The monoisotopic (exact) mass is 205 g/mol. The number of hydrogen-bond donors (Lipinski definition) is 1. The van der Waals surface area contributed by atoms with Crippen molar-refractivity contribution in [2.75, 3.05) is 31.8 Å². The van der Waals surface area contributed by atoms with E-state index in [1.165, 1.54) is 5.75 Å². The summed E-state index contributed by atoms with van der Waals surface area (Å²) < 4.78 is 5.32. The molecule has 0 saturated heterocycles. The Kier molecular flexibility index (Phi) is 9.03. The van der Waals surface area contributed by atoms with Crippen molar-refractivity contribution >= 4 is 11.8 Å². The van der Waals surface area contributed by atoms with E-state index < -0.39 is 0 Å². The molecule has 0 heterocycles. The second-order valence-corrected chi connectivity index (χ2v) is 4.44. The van der Waals surface area contributed by atoms with Crippen LogP contribution in [0.3, 0.4) is 0 Å². The molecular weight excluding hydrogens is 182 g/mol. The van der Waals surface area contributed by atoms with Crippen LogP contribution >= 0.6 is 11.8 Å². The number of nitrogens with one attached hydrogen (secondary N) is 1. The van der Waals surface area contributed by atoms with Crippen LogP contribution in [0.2, 0.25) is 0 Å². The third-order valence-electron chi connectivity index (χ3n) is 1.84. The Labute approximate surface area is 86.8 Å². The minimum absolute atomic E-state index is 0.476. The van der Waals surface area contributed by atoms with E-state index in [1.807, 2.05) is 18.7 Å². The van der Waals surface area contributed by atoms with Crippen LogP contribution in [0.25, 0.3) is 0 Å². The van der Waals surface area contributed by atoms with E-state index in [9.17, 15) is 0 Å². The molecule has 0 spiro atoms. The van der Waals surface area contributed by atoms with E-state index in [-0.39, 0.29) is 0 Å². The average Bonchev–Trinajstić information content (AvgIpc) is 2.12. The third kappa shape index (κ3) is 8.60. The van der Waals surface area contributed by atoms with Crippen LogP contribution in [-0.2, 0) is 4.74 Å². The zero-order valence-electron chi connectivity index (χ0n) is 9.30. The molecule has 2 unspecified atom stereocenters. The molecule has 1 N–H and O–H groups in total. The van der Waals surface area contributed by atoms with Gasteiger partial charge in [0.15, 0.2) is 0 Å². The fraction of sp³-hybridized carbons (Fsp3) is 1.00. The quantitative estimate of drug-likeness (QED) is 0.655. The van der Waals surface area contributed by atoms with Crippen molar-refractivity contribution in [1.29, 1.82) is 0 Å². The van der Waals surface area contributed by atoms with E-state index in [0.29, 0.717) is 6.04 Å². The molecule has 2 nitrogen and oxygen atoms in total. The highest BCUT2D eigenvalue weighted by Crippen LogP contribution is 2.02. The van der Waals surface area contributed by atoms with Gasteiger partial charge >= 0.3 is 0 Å². The summed E-state index contributed by atoms with van der Waals surface area (Å²) in [5.41, 5.74) is 0. The van der Waals surface area contributed by atoms with Crippen molar-refractivity contribution in [3.8, 4) is 0 Å². The van der Waals surface area contributed by atoms with E-state index in [0.717, 1.165) is 25.7 Å². The van der Waals surface area contributed by atoms with Gasteiger partial charge in [-0.25, -0.2) is 0 Å². The second kappa shape index (κ2) is 8.85. The zero-order chi connectivity index (χ0) is 10.1. The first-order valence-electron chi connectivity index (χ1n) is 5.00. The normalized spacial score (nSPS) is 15.7. The predicted molar refractivity (Wildman–Crippen MR) is 61.5 cm³/mol. The van der Waals surface area contributed by atoms with Crippen LogP contribution < -0.4 is 5.32 Å². The summed E-state index contributed by atoms with van der Waals surface area (Å²) in [6.45, 7) is 9.20. The largest absolute Gasteiger partial charge is 0.380 e. The van der Waals surface area contributed by atoms with Gasteiger partial charge in [0.25, 0.3) is 0 Å². The maximum Gasteiger partial charge on any atom is 0.0616 e. The van der Waals surface area contributed by atoms with Crippen molar-refractivity contribution in [2.24, 2.45) is 5.92 Å². The van der Waals surface area contributed by atoms with Gasteiger partial charge in [0, 0.05) is 12.6 Å². The highest BCUT2D eigenvalue weighted by Gasteiger charge is 2.04. The maximum absolute atomic E-state index is 5.32. The highest BCUT2D eigenvalue weighted by molar-refractivity contribution is 7.98. The highest BCUT2D eigenvalue weighted by atomic mass is 32.2. The Morgan fingerprint density at radius 3 is 2.62 bits per heavy atom. The van der Waals surface area contributed by atoms with Gasteiger partial charge in [-0.1, -0.05) is 6.92 Å². The van der Waals surface area contributed by atoms with Crippen LogP contribution in [0.4, 0.5) is 0 Å². The molecule has 0 aliphatic rings. The number of rotatable bonds is 8. The van der Waals surface area contributed by atoms with Gasteiger partial charge in [0.2, 0.25) is 0 Å². The van der Waals surface area contributed by atoms with Crippen molar-refractivity contribution in [3.05, 3.63) is 0 Å². The Hall–Kier alpha value is 0.270. The summed E-state index contributed by atoms with van der Waals surface area (Å²) in [5, 5.41) is 3.46. The van der Waals surface area contributed by atoms with E-state index >= 15 is 0 Å². The molecule has 0 radical (unpaired) electrons. The summed E-state index contributed by atoms with van der Waals surface area (Å²) >= 11 is 1.91. The van der Waals surface area contributed by atoms with Crippen molar-refractivity contribution in [1.82, 2.24) is 5.32 Å². The number of hydrogen-bond acceptors (Lipinski definition) is 3. The molecule has 0 aromatic heterocycles. The van der Waals surface area contributed by atoms with Crippen molar-refractivity contribution in [3.63, 3.8) is 0 Å². The molecule has 0 aromatic rings. The van der Waals surface area contributed by atoms with Crippen molar-refractivity contribution < 1.29 is 4.74 Å². The fourth-order valence-corrected chi connectivity index (χ4v) is 1.79. The second-order valence-electron chi connectivity index (χ2n) is 3.53. The topological polar surface area (TPSA) is 21.3 Å². The van der Waals surface area contributed by atoms with Gasteiger partial charge < -0.3 is 10.1 Å². The lowest BCUT2D eigenvalue weighted by Crippen LogP contribution is -2.34. The molecule has 0 aliphatic heterocycles. The van der Waals surface area contributed by atoms with Gasteiger partial charge in [-0.15, -0.1) is 0 Å². The van der Waals surface area contributed by atoms with Gasteiger partial charge in [-0.2, -0.15) is 11.8 Å². The lowest BCUT2D eigenvalue weighted by molar-refractivity contribution is 0.126. The van der Waals surface area contributed by atoms with E-state index in [4.69, 9.17) is 4.74 Å². The van der Waals surface area contributed by atoms with Crippen LogP contribution in [0, 0.1) is 5.92 Å². The summed E-state index contributed by atoms with van der Waals surface area (Å²) in [4.78, 5) is 0. The molecule has 80 valence electrons. The Morgan fingerprint density at radius 1 is 1.38 bits per heavy atom. The van der Waals surface area contributed by atoms with Gasteiger partial charge in [0.05, 0.1) is 6.61 Å². The number of thioether (sulfide) groups is 1. The van der Waals surface area contributed by atoms with Crippen LogP contribution in [-0.4, -0.2) is 37.8 Å².